The molecule has 5 nitrogen and oxygen atoms in total. The van der Waals surface area contributed by atoms with Crippen LogP contribution in [0.15, 0.2) is 0 Å². The van der Waals surface area contributed by atoms with Crippen molar-refractivity contribution in [3.05, 3.63) is 0 Å². The molecular weight excluding hydrogens is 160 g/mol. The number of nitrogens with two attached hydrogens (primary N) is 3. The first-order valence-corrected chi connectivity index (χ1v) is 2.56. The third-order valence-corrected chi connectivity index (χ3v) is 0.201. The van der Waals surface area contributed by atoms with Gasteiger partial charge in [-0.1, -0.05) is 0 Å². The monoisotopic (exact) mass is 168 g/mol. The third kappa shape index (κ3) is 117. The highest BCUT2D eigenvalue weighted by atomic mass is 32.1. The van der Waals surface area contributed by atoms with Crippen LogP contribution in [0.3, 0.4) is 0 Å². The summed E-state index contributed by atoms with van der Waals surface area (Å²) >= 11 is 8.21. The molecule has 0 spiro atoms. The highest BCUT2D eigenvalue weighted by Crippen LogP contribution is 1.42. The predicted molar refractivity (Wildman–Crippen MR) is 42.7 cm³/mol. The summed E-state index contributed by atoms with van der Waals surface area (Å²) in [5.74, 6) is 0. The lowest BCUT2D eigenvalue weighted by Gasteiger charge is -1.83. The van der Waals surface area contributed by atoms with Crippen molar-refractivity contribution in [2.75, 3.05) is 0 Å². The summed E-state index contributed by atoms with van der Waals surface area (Å²) in [6.45, 7) is 0. The molecule has 0 bridgehead atoms. The zero-order chi connectivity index (χ0) is 7.86. The van der Waals surface area contributed by atoms with Crippen LogP contribution >= 0.6 is 24.4 Å². The summed E-state index contributed by atoms with van der Waals surface area (Å²) in [6.07, 6.45) is 0. The van der Waals surface area contributed by atoms with Crippen molar-refractivity contribution in [2.24, 2.45) is 17.2 Å². The topological polar surface area (TPSA) is 110 Å². The van der Waals surface area contributed by atoms with Gasteiger partial charge in [0, 0.05) is 0 Å². The number of hydrogen-bond donors (Lipinski definition) is 5. The van der Waals surface area contributed by atoms with Crippen LogP contribution in [0.5, 0.6) is 0 Å². The molecule has 0 aliphatic rings. The number of thiocarbonyl (C=S) groups is 2. The molecule has 0 saturated heterocycles. The highest BCUT2D eigenvalue weighted by molar-refractivity contribution is 7.80. The Morgan fingerprint density at radius 1 is 1.22 bits per heavy atom. The first-order valence-electron chi connectivity index (χ1n) is 1.75. The van der Waals surface area contributed by atoms with Gasteiger partial charge in [0.15, 0.2) is 10.2 Å². The maximum absolute atomic E-state index is 7.63. The van der Waals surface area contributed by atoms with Gasteiger partial charge in [-0.3, -0.25) is 5.21 Å². The lowest BCUT2D eigenvalue weighted by molar-refractivity contribution is 0.236. The molecule has 0 aromatic carbocycles. The molecule has 54 valence electrons. The fourth-order valence-electron chi connectivity index (χ4n) is 0. The van der Waals surface area contributed by atoms with Gasteiger partial charge in [0.25, 0.3) is 0 Å². The van der Waals surface area contributed by atoms with E-state index in [9.17, 15) is 0 Å². The van der Waals surface area contributed by atoms with E-state index in [4.69, 9.17) is 5.21 Å². The van der Waals surface area contributed by atoms with Crippen molar-refractivity contribution in [2.45, 2.75) is 0 Å². The largest absolute Gasteiger partial charge is 0.377 e. The standard InChI is InChI=1S/CH4N2OS.CH4N2S/c2-1(5)3-4;2-1(3)4/h4H,(H3,2,3,5);(H4,2,3,4). The van der Waals surface area contributed by atoms with Gasteiger partial charge in [-0.15, -0.1) is 0 Å². The Hall–Kier alpha value is -0.660. The van der Waals surface area contributed by atoms with E-state index in [0.29, 0.717) is 0 Å². The second kappa shape index (κ2) is 7.34. The summed E-state index contributed by atoms with van der Waals surface area (Å²) in [4.78, 5) is 0. The normalized spacial score (nSPS) is 6.33. The average molecular weight is 168 g/mol. The first-order chi connectivity index (χ1) is 4.00. The maximum Gasteiger partial charge on any atom is 0.187 e. The molecule has 0 radical (unpaired) electrons. The summed E-state index contributed by atoms with van der Waals surface area (Å²) in [6, 6.07) is 0. The molecule has 0 rings (SSSR count). The minimum atomic E-state index is -0.106. The maximum atomic E-state index is 7.63. The lowest BCUT2D eigenvalue weighted by Crippen LogP contribution is -2.24. The summed E-state index contributed by atoms with van der Waals surface area (Å²) in [5.41, 5.74) is 15.4. The van der Waals surface area contributed by atoms with Gasteiger partial charge >= 0.3 is 0 Å². The fourth-order valence-corrected chi connectivity index (χ4v) is 0. The summed E-state index contributed by atoms with van der Waals surface area (Å²) in [7, 11) is 0. The van der Waals surface area contributed by atoms with E-state index < -0.39 is 0 Å². The van der Waals surface area contributed by atoms with E-state index in [1.807, 2.05) is 0 Å². The number of nitrogens with one attached hydrogen (secondary N) is 1. The molecule has 0 aliphatic heterocycles. The Morgan fingerprint density at radius 2 is 1.33 bits per heavy atom. The molecule has 9 heavy (non-hydrogen) atoms. The molecule has 0 aromatic heterocycles. The van der Waals surface area contributed by atoms with Crippen molar-refractivity contribution >= 4 is 34.7 Å². The first kappa shape index (κ1) is 11.2. The number of rotatable bonds is 0. The summed E-state index contributed by atoms with van der Waals surface area (Å²) < 4.78 is 0. The van der Waals surface area contributed by atoms with Crippen molar-refractivity contribution in [3.63, 3.8) is 0 Å². The molecule has 0 amide bonds. The van der Waals surface area contributed by atoms with Crippen molar-refractivity contribution in [3.8, 4) is 0 Å². The van der Waals surface area contributed by atoms with Crippen LogP contribution in [-0.4, -0.2) is 15.4 Å². The zero-order valence-corrected chi connectivity index (χ0v) is 6.13. The van der Waals surface area contributed by atoms with Crippen LogP contribution in [0.25, 0.3) is 0 Å². The molecule has 0 fully saturated rings. The minimum Gasteiger partial charge on any atom is -0.377 e. The molecule has 0 atom stereocenters. The third-order valence-electron chi connectivity index (χ3n) is 0.110. The molecule has 0 heterocycles. The Labute approximate surface area is 63.1 Å². The second-order valence-electron chi connectivity index (χ2n) is 0.878. The van der Waals surface area contributed by atoms with Gasteiger partial charge < -0.3 is 17.2 Å². The van der Waals surface area contributed by atoms with Crippen LogP contribution in [-0.2, 0) is 0 Å². The van der Waals surface area contributed by atoms with E-state index in [1.54, 1.807) is 0 Å². The van der Waals surface area contributed by atoms with Crippen molar-refractivity contribution < 1.29 is 5.21 Å². The summed E-state index contributed by atoms with van der Waals surface area (Å²) in [5, 5.41) is 7.52. The molecule has 7 heteroatoms. The Balaban J connectivity index is 0. The molecular formula is C2H8N4OS2. The van der Waals surface area contributed by atoms with Gasteiger partial charge in [-0.2, -0.15) is 0 Å². The molecule has 0 aromatic rings. The fraction of sp³-hybridized carbons (Fsp3) is 0. The Bertz CT molecular complexity index is 101. The smallest absolute Gasteiger partial charge is 0.187 e. The minimum absolute atomic E-state index is 0.000000000000000222. The predicted octanol–water partition coefficient (Wildman–Crippen LogP) is -1.60. The van der Waals surface area contributed by atoms with E-state index in [-0.39, 0.29) is 10.2 Å². The van der Waals surface area contributed by atoms with E-state index >= 15 is 0 Å². The van der Waals surface area contributed by atoms with Gasteiger partial charge in [0.2, 0.25) is 0 Å². The van der Waals surface area contributed by atoms with Gasteiger partial charge in [0.05, 0.1) is 0 Å². The second-order valence-corrected chi connectivity index (χ2v) is 1.79. The number of hydroxylamine groups is 1. The molecule has 0 saturated carbocycles. The quantitative estimate of drug-likeness (QED) is 0.219. The van der Waals surface area contributed by atoms with E-state index in [2.05, 4.69) is 41.6 Å². The van der Waals surface area contributed by atoms with Gasteiger partial charge in [-0.05, 0) is 24.4 Å². The lowest BCUT2D eigenvalue weighted by atomic mass is 11.2. The van der Waals surface area contributed by atoms with Crippen LogP contribution in [0.1, 0.15) is 0 Å². The molecule has 0 aliphatic carbocycles. The van der Waals surface area contributed by atoms with Gasteiger partial charge in [-0.25, -0.2) is 5.48 Å². The zero-order valence-electron chi connectivity index (χ0n) is 4.50. The Morgan fingerprint density at radius 3 is 1.33 bits per heavy atom. The van der Waals surface area contributed by atoms with E-state index in [1.165, 1.54) is 5.48 Å². The van der Waals surface area contributed by atoms with Gasteiger partial charge in [0.1, 0.15) is 0 Å². The van der Waals surface area contributed by atoms with E-state index in [0.717, 1.165) is 0 Å². The average Bonchev–Trinajstić information content (AvgIpc) is 1.65. The van der Waals surface area contributed by atoms with Crippen LogP contribution in [0.4, 0.5) is 0 Å². The van der Waals surface area contributed by atoms with Crippen LogP contribution < -0.4 is 22.7 Å². The van der Waals surface area contributed by atoms with Crippen LogP contribution in [0.2, 0.25) is 0 Å². The highest BCUT2D eigenvalue weighted by Gasteiger charge is 1.68. The SMILES string of the molecule is NC(=S)NO.NC(N)=S. The molecule has 8 N–H and O–H groups in total. The van der Waals surface area contributed by atoms with Crippen molar-refractivity contribution in [1.82, 2.24) is 5.48 Å². The molecule has 0 unspecified atom stereocenters. The number of hydrogen-bond acceptors (Lipinski definition) is 3. The van der Waals surface area contributed by atoms with Crippen LogP contribution in [0, 0.1) is 0 Å². The van der Waals surface area contributed by atoms with Crippen molar-refractivity contribution in [1.29, 1.82) is 0 Å². The Kier molecular flexibility index (Phi) is 9.12.